The zero-order valence-electron chi connectivity index (χ0n) is 19.4. The maximum absolute atomic E-state index is 13.9. The summed E-state index contributed by atoms with van der Waals surface area (Å²) >= 11 is 0. The fraction of sp³-hybridized carbons (Fsp3) is 0.500. The molecule has 1 atom stereocenters. The highest BCUT2D eigenvalue weighted by Gasteiger charge is 2.48. The van der Waals surface area contributed by atoms with Crippen LogP contribution in [-0.2, 0) is 21.5 Å². The van der Waals surface area contributed by atoms with E-state index in [1.54, 1.807) is 19.2 Å². The Balaban J connectivity index is 1.45. The van der Waals surface area contributed by atoms with Crippen LogP contribution in [0.25, 0.3) is 0 Å². The molecule has 0 radical (unpaired) electrons. The number of ether oxygens (including phenoxy) is 2. The summed E-state index contributed by atoms with van der Waals surface area (Å²) in [5.74, 6) is 0.560. The van der Waals surface area contributed by atoms with Gasteiger partial charge in [-0.1, -0.05) is 24.3 Å². The molecule has 2 saturated heterocycles. The summed E-state index contributed by atoms with van der Waals surface area (Å²) in [6.45, 7) is 2.94. The molecular formula is C26H33FN2O4. The van der Waals surface area contributed by atoms with E-state index in [0.29, 0.717) is 58.7 Å². The number of carbonyl (C=O) groups is 1. The van der Waals surface area contributed by atoms with Crippen molar-refractivity contribution in [3.63, 3.8) is 0 Å². The molecule has 1 N–H and O–H groups in total. The maximum atomic E-state index is 13.9. The molecule has 0 aliphatic carbocycles. The first-order valence-corrected chi connectivity index (χ1v) is 11.5. The number of aliphatic hydroxyl groups is 1. The fourth-order valence-electron chi connectivity index (χ4n) is 5.18. The number of hydrogen-bond acceptors (Lipinski definition) is 5. The standard InChI is InChI=1S/C26H33FN2O4/c1-28(17-20-3-7-22(27)8-4-20)18-25(31)11-14-29(19-25)24(30)26(12-15-33-16-13-26)21-5-9-23(32-2)10-6-21/h3-10,31H,11-19H2,1-2H3/t25-/m0/s1. The summed E-state index contributed by atoms with van der Waals surface area (Å²) in [6, 6.07) is 14.1. The molecule has 2 aliphatic rings. The van der Waals surface area contributed by atoms with E-state index < -0.39 is 11.0 Å². The molecule has 178 valence electrons. The second-order valence-electron chi connectivity index (χ2n) is 9.42. The quantitative estimate of drug-likeness (QED) is 0.694. The minimum Gasteiger partial charge on any atom is -0.497 e. The molecular weight excluding hydrogens is 423 g/mol. The van der Waals surface area contributed by atoms with E-state index in [9.17, 15) is 14.3 Å². The first kappa shape index (κ1) is 23.7. The Kier molecular flexibility index (Phi) is 7.02. The molecule has 4 rings (SSSR count). The van der Waals surface area contributed by atoms with Gasteiger partial charge in [0.15, 0.2) is 0 Å². The van der Waals surface area contributed by atoms with Gasteiger partial charge in [0, 0.05) is 32.8 Å². The summed E-state index contributed by atoms with van der Waals surface area (Å²) in [5, 5.41) is 11.3. The molecule has 0 bridgehead atoms. The Morgan fingerprint density at radius 1 is 1.12 bits per heavy atom. The highest BCUT2D eigenvalue weighted by Crippen LogP contribution is 2.39. The number of rotatable bonds is 7. The van der Waals surface area contributed by atoms with Gasteiger partial charge in [-0.25, -0.2) is 4.39 Å². The van der Waals surface area contributed by atoms with Gasteiger partial charge in [-0.15, -0.1) is 0 Å². The number of nitrogens with zero attached hydrogens (tertiary/aromatic N) is 2. The Hall–Kier alpha value is -2.48. The number of hydrogen-bond donors (Lipinski definition) is 1. The second kappa shape index (κ2) is 9.79. The summed E-state index contributed by atoms with van der Waals surface area (Å²) in [4.78, 5) is 17.7. The SMILES string of the molecule is COc1ccc(C2(C(=O)N3CC[C@](O)(CN(C)Cc4ccc(F)cc4)C3)CCOCC2)cc1. The number of amides is 1. The number of carbonyl (C=O) groups excluding carboxylic acids is 1. The molecule has 0 spiro atoms. The number of methoxy groups -OCH3 is 1. The van der Waals surface area contributed by atoms with E-state index in [4.69, 9.17) is 9.47 Å². The maximum Gasteiger partial charge on any atom is 0.233 e. The van der Waals surface area contributed by atoms with Crippen molar-refractivity contribution in [3.05, 3.63) is 65.5 Å². The minimum absolute atomic E-state index is 0.0630. The highest BCUT2D eigenvalue weighted by molar-refractivity contribution is 5.89. The molecule has 2 aromatic carbocycles. The van der Waals surface area contributed by atoms with Crippen molar-refractivity contribution in [3.8, 4) is 5.75 Å². The molecule has 33 heavy (non-hydrogen) atoms. The minimum atomic E-state index is -0.975. The largest absolute Gasteiger partial charge is 0.497 e. The summed E-state index contributed by atoms with van der Waals surface area (Å²) < 4.78 is 24.0. The summed E-state index contributed by atoms with van der Waals surface area (Å²) in [6.07, 6.45) is 1.77. The number of halogens is 1. The van der Waals surface area contributed by atoms with Crippen molar-refractivity contribution in [2.24, 2.45) is 0 Å². The fourth-order valence-corrected chi connectivity index (χ4v) is 5.18. The van der Waals surface area contributed by atoms with Gasteiger partial charge in [0.2, 0.25) is 5.91 Å². The van der Waals surface area contributed by atoms with Crippen LogP contribution in [0.15, 0.2) is 48.5 Å². The third-order valence-corrected chi connectivity index (χ3v) is 6.95. The lowest BCUT2D eigenvalue weighted by atomic mass is 9.73. The van der Waals surface area contributed by atoms with Crippen molar-refractivity contribution >= 4 is 5.91 Å². The molecule has 2 heterocycles. The molecule has 7 heteroatoms. The van der Waals surface area contributed by atoms with Gasteiger partial charge in [-0.2, -0.15) is 0 Å². The highest BCUT2D eigenvalue weighted by atomic mass is 19.1. The van der Waals surface area contributed by atoms with E-state index in [2.05, 4.69) is 0 Å². The van der Waals surface area contributed by atoms with Crippen LogP contribution in [-0.4, -0.2) is 73.4 Å². The molecule has 0 unspecified atom stereocenters. The van der Waals surface area contributed by atoms with Crippen LogP contribution in [0.1, 0.15) is 30.4 Å². The lowest BCUT2D eigenvalue weighted by Gasteiger charge is -2.39. The Labute approximate surface area is 194 Å². The van der Waals surface area contributed by atoms with E-state index in [-0.39, 0.29) is 11.7 Å². The molecule has 2 aromatic rings. The molecule has 1 amide bonds. The van der Waals surface area contributed by atoms with Crippen LogP contribution in [0.2, 0.25) is 0 Å². The van der Waals surface area contributed by atoms with Crippen LogP contribution in [0.5, 0.6) is 5.75 Å². The van der Waals surface area contributed by atoms with Crippen molar-refractivity contribution in [2.75, 3.05) is 47.0 Å². The van der Waals surface area contributed by atoms with Crippen LogP contribution >= 0.6 is 0 Å². The zero-order valence-corrected chi connectivity index (χ0v) is 19.4. The van der Waals surface area contributed by atoms with Crippen LogP contribution in [0, 0.1) is 5.82 Å². The topological polar surface area (TPSA) is 62.2 Å². The monoisotopic (exact) mass is 456 g/mol. The van der Waals surface area contributed by atoms with Gasteiger partial charge in [0.05, 0.1) is 24.7 Å². The smallest absolute Gasteiger partial charge is 0.233 e. The van der Waals surface area contributed by atoms with Crippen LogP contribution < -0.4 is 4.74 Å². The first-order valence-electron chi connectivity index (χ1n) is 11.5. The summed E-state index contributed by atoms with van der Waals surface area (Å²) in [5.41, 5.74) is 0.335. The van der Waals surface area contributed by atoms with Crippen LogP contribution in [0.3, 0.4) is 0 Å². The van der Waals surface area contributed by atoms with E-state index in [0.717, 1.165) is 16.9 Å². The van der Waals surface area contributed by atoms with E-state index in [1.807, 2.05) is 41.1 Å². The van der Waals surface area contributed by atoms with Gasteiger partial charge in [-0.3, -0.25) is 9.69 Å². The molecule has 6 nitrogen and oxygen atoms in total. The van der Waals surface area contributed by atoms with Gasteiger partial charge < -0.3 is 19.5 Å². The van der Waals surface area contributed by atoms with Crippen LogP contribution in [0.4, 0.5) is 4.39 Å². The Morgan fingerprint density at radius 2 is 1.79 bits per heavy atom. The van der Waals surface area contributed by atoms with E-state index in [1.165, 1.54) is 12.1 Å². The lowest BCUT2D eigenvalue weighted by molar-refractivity contribution is -0.141. The van der Waals surface area contributed by atoms with Gasteiger partial charge >= 0.3 is 0 Å². The second-order valence-corrected chi connectivity index (χ2v) is 9.42. The Bertz CT molecular complexity index is 944. The predicted molar refractivity (Wildman–Crippen MR) is 124 cm³/mol. The average molecular weight is 457 g/mol. The number of likely N-dealkylation sites (tertiary alicyclic amines) is 1. The van der Waals surface area contributed by atoms with Crippen molar-refractivity contribution in [1.29, 1.82) is 0 Å². The summed E-state index contributed by atoms with van der Waals surface area (Å²) in [7, 11) is 3.56. The van der Waals surface area contributed by atoms with Gasteiger partial charge in [0.25, 0.3) is 0 Å². The van der Waals surface area contributed by atoms with Crippen molar-refractivity contribution < 1.29 is 23.8 Å². The molecule has 0 saturated carbocycles. The first-order chi connectivity index (χ1) is 15.8. The zero-order chi connectivity index (χ0) is 23.5. The number of likely N-dealkylation sites (N-methyl/N-ethyl adjacent to an activating group) is 1. The third-order valence-electron chi connectivity index (χ3n) is 6.95. The van der Waals surface area contributed by atoms with Gasteiger partial charge in [0.1, 0.15) is 11.6 Å². The average Bonchev–Trinajstić information content (AvgIpc) is 3.21. The number of β-amino-alcohol motifs (C(OH)–C–C–N with tert-alkyl or cyclic N) is 1. The van der Waals surface area contributed by atoms with E-state index >= 15 is 0 Å². The van der Waals surface area contributed by atoms with Crippen molar-refractivity contribution in [1.82, 2.24) is 9.80 Å². The third kappa shape index (κ3) is 5.21. The van der Waals surface area contributed by atoms with Gasteiger partial charge in [-0.05, 0) is 61.7 Å². The Morgan fingerprint density at radius 3 is 2.42 bits per heavy atom. The molecule has 2 fully saturated rings. The predicted octanol–water partition coefficient (Wildman–Crippen LogP) is 2.98. The van der Waals surface area contributed by atoms with Crippen molar-refractivity contribution in [2.45, 2.75) is 36.8 Å². The lowest BCUT2D eigenvalue weighted by Crippen LogP contribution is -2.51. The number of benzene rings is 2. The molecule has 0 aromatic heterocycles. The molecule has 2 aliphatic heterocycles. The normalized spacial score (nSPS) is 22.5.